The van der Waals surface area contributed by atoms with Gasteiger partial charge in [0.25, 0.3) is 0 Å². The van der Waals surface area contributed by atoms with Crippen molar-refractivity contribution in [1.82, 2.24) is 25.3 Å². The standard InChI is InChI=1S/C22H40N6/c1-5-20-19(21(6-2)27(4)26-20)14-24-22(23-7-3)25-18-12-13-28(16-18)15-17-10-8-9-11-17/h17-18H,5-16H2,1-4H3,(H2,23,24,25). The van der Waals surface area contributed by atoms with Crippen LogP contribution >= 0.6 is 0 Å². The number of aryl methyl sites for hydroxylation is 2. The Morgan fingerprint density at radius 1 is 1.14 bits per heavy atom. The van der Waals surface area contributed by atoms with Gasteiger partial charge in [0.2, 0.25) is 0 Å². The fourth-order valence-electron chi connectivity index (χ4n) is 4.92. The maximum Gasteiger partial charge on any atom is 0.191 e. The summed E-state index contributed by atoms with van der Waals surface area (Å²) in [6.07, 6.45) is 8.91. The van der Waals surface area contributed by atoms with E-state index in [4.69, 9.17) is 4.99 Å². The number of guanidine groups is 1. The first kappa shape index (κ1) is 21.2. The van der Waals surface area contributed by atoms with Gasteiger partial charge in [-0.1, -0.05) is 26.7 Å². The third-order valence-corrected chi connectivity index (χ3v) is 6.37. The lowest BCUT2D eigenvalue weighted by atomic mass is 10.1. The van der Waals surface area contributed by atoms with Crippen molar-refractivity contribution in [3.63, 3.8) is 0 Å². The zero-order valence-corrected chi connectivity index (χ0v) is 18.4. The van der Waals surface area contributed by atoms with Gasteiger partial charge in [0.15, 0.2) is 5.96 Å². The van der Waals surface area contributed by atoms with Crippen LogP contribution in [0.3, 0.4) is 0 Å². The van der Waals surface area contributed by atoms with Crippen LogP contribution in [0.15, 0.2) is 4.99 Å². The van der Waals surface area contributed by atoms with Crippen molar-refractivity contribution in [1.29, 1.82) is 0 Å². The number of rotatable bonds is 8. The Bertz CT molecular complexity index is 644. The largest absolute Gasteiger partial charge is 0.357 e. The molecule has 1 saturated heterocycles. The van der Waals surface area contributed by atoms with Crippen molar-refractivity contribution in [2.24, 2.45) is 18.0 Å². The van der Waals surface area contributed by atoms with Crippen molar-refractivity contribution in [3.8, 4) is 0 Å². The topological polar surface area (TPSA) is 57.5 Å². The van der Waals surface area contributed by atoms with E-state index in [0.717, 1.165) is 37.8 Å². The van der Waals surface area contributed by atoms with E-state index in [0.29, 0.717) is 12.6 Å². The van der Waals surface area contributed by atoms with Gasteiger partial charge in [-0.05, 0) is 44.9 Å². The number of nitrogens with zero attached hydrogens (tertiary/aromatic N) is 4. The highest BCUT2D eigenvalue weighted by Gasteiger charge is 2.26. The van der Waals surface area contributed by atoms with Gasteiger partial charge in [-0.3, -0.25) is 4.68 Å². The molecule has 1 aromatic rings. The molecular formula is C22H40N6. The quantitative estimate of drug-likeness (QED) is 0.531. The summed E-state index contributed by atoms with van der Waals surface area (Å²) in [5.74, 6) is 1.88. The van der Waals surface area contributed by atoms with Crippen molar-refractivity contribution in [2.45, 2.75) is 78.3 Å². The van der Waals surface area contributed by atoms with Crippen LogP contribution in [0.5, 0.6) is 0 Å². The van der Waals surface area contributed by atoms with Gasteiger partial charge >= 0.3 is 0 Å². The average Bonchev–Trinajstić information content (AvgIpc) is 3.41. The van der Waals surface area contributed by atoms with E-state index in [1.165, 1.54) is 62.1 Å². The average molecular weight is 389 g/mol. The van der Waals surface area contributed by atoms with Crippen LogP contribution in [0, 0.1) is 5.92 Å². The predicted octanol–water partition coefficient (Wildman–Crippen LogP) is 2.86. The molecule has 0 amide bonds. The van der Waals surface area contributed by atoms with Crippen LogP contribution in [0.2, 0.25) is 0 Å². The number of hydrogen-bond donors (Lipinski definition) is 2. The lowest BCUT2D eigenvalue weighted by molar-refractivity contribution is 0.275. The highest BCUT2D eigenvalue weighted by molar-refractivity contribution is 5.80. The second kappa shape index (κ2) is 10.3. The van der Waals surface area contributed by atoms with Crippen LogP contribution in [-0.4, -0.2) is 52.9 Å². The summed E-state index contributed by atoms with van der Waals surface area (Å²) in [7, 11) is 2.05. The third kappa shape index (κ3) is 5.28. The van der Waals surface area contributed by atoms with Gasteiger partial charge in [0.05, 0.1) is 12.2 Å². The molecule has 6 nitrogen and oxygen atoms in total. The summed E-state index contributed by atoms with van der Waals surface area (Å²) in [6, 6.07) is 0.504. The second-order valence-electron chi connectivity index (χ2n) is 8.44. The molecule has 6 heteroatoms. The highest BCUT2D eigenvalue weighted by atomic mass is 15.3. The lowest BCUT2D eigenvalue weighted by Gasteiger charge is -2.21. The molecule has 1 aliphatic carbocycles. The van der Waals surface area contributed by atoms with Gasteiger partial charge in [-0.25, -0.2) is 4.99 Å². The molecule has 2 aliphatic rings. The highest BCUT2D eigenvalue weighted by Crippen LogP contribution is 2.26. The zero-order valence-electron chi connectivity index (χ0n) is 18.4. The van der Waals surface area contributed by atoms with E-state index in [1.54, 1.807) is 0 Å². The molecule has 3 rings (SSSR count). The van der Waals surface area contributed by atoms with Crippen LogP contribution < -0.4 is 10.6 Å². The molecule has 0 aromatic carbocycles. The second-order valence-corrected chi connectivity index (χ2v) is 8.44. The molecule has 2 fully saturated rings. The molecule has 0 radical (unpaired) electrons. The summed E-state index contributed by atoms with van der Waals surface area (Å²) in [4.78, 5) is 7.58. The van der Waals surface area contributed by atoms with E-state index in [9.17, 15) is 0 Å². The van der Waals surface area contributed by atoms with E-state index in [2.05, 4.69) is 41.4 Å². The first-order chi connectivity index (χ1) is 13.6. The fraction of sp³-hybridized carbons (Fsp3) is 0.818. The first-order valence-electron chi connectivity index (χ1n) is 11.4. The summed E-state index contributed by atoms with van der Waals surface area (Å²) in [6.45, 7) is 11.8. The number of likely N-dealkylation sites (tertiary alicyclic amines) is 1. The smallest absolute Gasteiger partial charge is 0.191 e. The molecule has 1 atom stereocenters. The molecule has 158 valence electrons. The molecule has 0 bridgehead atoms. The van der Waals surface area contributed by atoms with Gasteiger partial charge in [-0.2, -0.15) is 5.10 Å². The van der Waals surface area contributed by atoms with Crippen molar-refractivity contribution in [3.05, 3.63) is 17.0 Å². The van der Waals surface area contributed by atoms with Crippen LogP contribution in [0.25, 0.3) is 0 Å². The van der Waals surface area contributed by atoms with Gasteiger partial charge in [0.1, 0.15) is 0 Å². The lowest BCUT2D eigenvalue weighted by Crippen LogP contribution is -2.44. The molecular weight excluding hydrogens is 348 g/mol. The van der Waals surface area contributed by atoms with Crippen LogP contribution in [0.1, 0.15) is 69.8 Å². The van der Waals surface area contributed by atoms with Gasteiger partial charge < -0.3 is 15.5 Å². The van der Waals surface area contributed by atoms with E-state index in [-0.39, 0.29) is 0 Å². The maximum absolute atomic E-state index is 4.93. The Morgan fingerprint density at radius 3 is 2.61 bits per heavy atom. The molecule has 1 unspecified atom stereocenters. The van der Waals surface area contributed by atoms with Crippen molar-refractivity contribution >= 4 is 5.96 Å². The summed E-state index contributed by atoms with van der Waals surface area (Å²) < 4.78 is 2.03. The maximum atomic E-state index is 4.93. The number of aliphatic imine (C=N–C) groups is 1. The molecule has 2 N–H and O–H groups in total. The molecule has 0 spiro atoms. The molecule has 1 saturated carbocycles. The van der Waals surface area contributed by atoms with E-state index in [1.807, 2.05) is 11.7 Å². The number of aromatic nitrogens is 2. The fourth-order valence-corrected chi connectivity index (χ4v) is 4.92. The van der Waals surface area contributed by atoms with Crippen LogP contribution in [0.4, 0.5) is 0 Å². The minimum absolute atomic E-state index is 0.504. The Labute approximate surface area is 171 Å². The van der Waals surface area contributed by atoms with E-state index < -0.39 is 0 Å². The summed E-state index contributed by atoms with van der Waals surface area (Å²) >= 11 is 0. The third-order valence-electron chi connectivity index (χ3n) is 6.37. The monoisotopic (exact) mass is 388 g/mol. The summed E-state index contributed by atoms with van der Waals surface area (Å²) in [5, 5.41) is 11.8. The zero-order chi connectivity index (χ0) is 19.9. The Balaban J connectivity index is 1.59. The van der Waals surface area contributed by atoms with Crippen molar-refractivity contribution in [2.75, 3.05) is 26.2 Å². The van der Waals surface area contributed by atoms with Crippen LogP contribution in [-0.2, 0) is 26.4 Å². The predicted molar refractivity (Wildman–Crippen MR) is 117 cm³/mol. The summed E-state index contributed by atoms with van der Waals surface area (Å²) in [5.41, 5.74) is 3.79. The van der Waals surface area contributed by atoms with Gasteiger partial charge in [-0.15, -0.1) is 0 Å². The normalized spacial score (nSPS) is 21.6. The Morgan fingerprint density at radius 2 is 1.93 bits per heavy atom. The number of nitrogens with one attached hydrogen (secondary N) is 2. The Kier molecular flexibility index (Phi) is 7.77. The molecule has 1 aromatic heterocycles. The van der Waals surface area contributed by atoms with Gasteiger partial charge in [0, 0.05) is 50.5 Å². The SMILES string of the molecule is CCNC(=NCc1c(CC)nn(C)c1CC)NC1CCN(CC2CCCC2)C1. The van der Waals surface area contributed by atoms with E-state index >= 15 is 0 Å². The van der Waals surface area contributed by atoms with Crippen molar-refractivity contribution < 1.29 is 0 Å². The first-order valence-corrected chi connectivity index (χ1v) is 11.4. The minimum atomic E-state index is 0.504. The molecule has 28 heavy (non-hydrogen) atoms. The Hall–Kier alpha value is -1.56. The molecule has 1 aliphatic heterocycles. The molecule has 2 heterocycles. The number of hydrogen-bond acceptors (Lipinski definition) is 3. The minimum Gasteiger partial charge on any atom is -0.357 e.